The van der Waals surface area contributed by atoms with Gasteiger partial charge in [0.15, 0.2) is 0 Å². The van der Waals surface area contributed by atoms with Crippen molar-refractivity contribution < 1.29 is 19.1 Å². The molecule has 82 valence electrons. The van der Waals surface area contributed by atoms with E-state index in [0.717, 1.165) is 12.8 Å². The van der Waals surface area contributed by atoms with Crippen LogP contribution < -0.4 is 0 Å². The van der Waals surface area contributed by atoms with E-state index in [2.05, 4.69) is 6.92 Å². The fourth-order valence-electron chi connectivity index (χ4n) is 0.817. The van der Waals surface area contributed by atoms with E-state index in [9.17, 15) is 9.59 Å². The number of hydrogen-bond acceptors (Lipinski definition) is 4. The van der Waals surface area contributed by atoms with E-state index in [1.807, 2.05) is 0 Å². The molecule has 0 unspecified atom stereocenters. The van der Waals surface area contributed by atoms with Gasteiger partial charge in [-0.2, -0.15) is 0 Å². The minimum absolute atomic E-state index is 0.144. The molecule has 0 amide bonds. The summed E-state index contributed by atoms with van der Waals surface area (Å²) in [7, 11) is 0. The first-order valence-corrected chi connectivity index (χ1v) is 4.89. The van der Waals surface area contributed by atoms with Crippen LogP contribution in [0.15, 0.2) is 0 Å². The largest absolute Gasteiger partial charge is 0.463 e. The smallest absolute Gasteiger partial charge is 0.313 e. The third-order valence-electron chi connectivity index (χ3n) is 1.53. The Morgan fingerprint density at radius 1 is 1.14 bits per heavy atom. The molecule has 0 saturated heterocycles. The van der Waals surface area contributed by atoms with Gasteiger partial charge in [0.05, 0.1) is 6.61 Å². The quantitative estimate of drug-likeness (QED) is 0.338. The van der Waals surface area contributed by atoms with Crippen LogP contribution in [0, 0.1) is 0 Å². The van der Waals surface area contributed by atoms with E-state index in [0.29, 0.717) is 13.2 Å². The number of rotatable bonds is 8. The molecule has 4 nitrogen and oxygen atoms in total. The Kier molecular flexibility index (Phi) is 8.13. The van der Waals surface area contributed by atoms with Crippen LogP contribution in [-0.2, 0) is 19.1 Å². The first kappa shape index (κ1) is 13.1. The van der Waals surface area contributed by atoms with Crippen molar-refractivity contribution in [1.29, 1.82) is 0 Å². The highest BCUT2D eigenvalue weighted by Crippen LogP contribution is 1.90. The molecule has 0 fully saturated rings. The molecule has 0 aromatic rings. The number of ketones is 1. The third kappa shape index (κ3) is 9.19. The Morgan fingerprint density at radius 3 is 2.43 bits per heavy atom. The van der Waals surface area contributed by atoms with Crippen LogP contribution in [0.2, 0.25) is 0 Å². The van der Waals surface area contributed by atoms with E-state index in [4.69, 9.17) is 9.47 Å². The Labute approximate surface area is 84.6 Å². The van der Waals surface area contributed by atoms with Gasteiger partial charge in [-0.1, -0.05) is 13.3 Å². The van der Waals surface area contributed by atoms with Gasteiger partial charge in [0.1, 0.15) is 18.8 Å². The highest BCUT2D eigenvalue weighted by atomic mass is 16.6. The molecule has 4 heteroatoms. The molecule has 0 radical (unpaired) electrons. The maximum atomic E-state index is 10.8. The van der Waals surface area contributed by atoms with Gasteiger partial charge in [-0.25, -0.2) is 0 Å². The van der Waals surface area contributed by atoms with Crippen molar-refractivity contribution in [2.24, 2.45) is 0 Å². The Hall–Kier alpha value is -0.900. The second-order valence-electron chi connectivity index (χ2n) is 3.07. The van der Waals surface area contributed by atoms with Gasteiger partial charge >= 0.3 is 5.97 Å². The van der Waals surface area contributed by atoms with Gasteiger partial charge in [0, 0.05) is 6.61 Å². The Bertz CT molecular complexity index is 177. The van der Waals surface area contributed by atoms with Crippen LogP contribution in [0.4, 0.5) is 0 Å². The summed E-state index contributed by atoms with van der Waals surface area (Å²) in [4.78, 5) is 21.3. The zero-order chi connectivity index (χ0) is 10.8. The highest BCUT2D eigenvalue weighted by Gasteiger charge is 2.05. The zero-order valence-corrected chi connectivity index (χ0v) is 8.88. The summed E-state index contributed by atoms with van der Waals surface area (Å²) < 4.78 is 9.92. The molecule has 0 rings (SSSR count). The van der Waals surface area contributed by atoms with Gasteiger partial charge in [-0.05, 0) is 13.3 Å². The van der Waals surface area contributed by atoms with Crippen molar-refractivity contribution in [3.63, 3.8) is 0 Å². The second-order valence-corrected chi connectivity index (χ2v) is 3.07. The van der Waals surface area contributed by atoms with Crippen LogP contribution >= 0.6 is 0 Å². The summed E-state index contributed by atoms with van der Waals surface area (Å²) in [6, 6.07) is 0. The molecular weight excluding hydrogens is 184 g/mol. The van der Waals surface area contributed by atoms with E-state index < -0.39 is 5.97 Å². The lowest BCUT2D eigenvalue weighted by Gasteiger charge is -2.04. The zero-order valence-electron chi connectivity index (χ0n) is 8.88. The third-order valence-corrected chi connectivity index (χ3v) is 1.53. The van der Waals surface area contributed by atoms with E-state index in [1.54, 1.807) is 0 Å². The van der Waals surface area contributed by atoms with Crippen molar-refractivity contribution >= 4 is 11.8 Å². The standard InChI is InChI=1S/C10H18O4/c1-3-4-5-13-6-7-14-10(12)8-9(2)11/h3-8H2,1-2H3. The lowest BCUT2D eigenvalue weighted by molar-refractivity contribution is -0.147. The molecular formula is C10H18O4. The van der Waals surface area contributed by atoms with Gasteiger partial charge in [0.2, 0.25) is 0 Å². The summed E-state index contributed by atoms with van der Waals surface area (Å²) in [6.07, 6.45) is 1.96. The molecule has 0 bridgehead atoms. The lowest BCUT2D eigenvalue weighted by atomic mass is 10.3. The molecule has 14 heavy (non-hydrogen) atoms. The first-order chi connectivity index (χ1) is 6.66. The minimum Gasteiger partial charge on any atom is -0.463 e. The number of unbranched alkanes of at least 4 members (excludes halogenated alkanes) is 1. The monoisotopic (exact) mass is 202 g/mol. The van der Waals surface area contributed by atoms with Crippen molar-refractivity contribution in [3.8, 4) is 0 Å². The van der Waals surface area contributed by atoms with E-state index >= 15 is 0 Å². The fraction of sp³-hybridized carbons (Fsp3) is 0.800. The van der Waals surface area contributed by atoms with E-state index in [1.165, 1.54) is 6.92 Å². The maximum absolute atomic E-state index is 10.8. The number of hydrogen-bond donors (Lipinski definition) is 0. The maximum Gasteiger partial charge on any atom is 0.313 e. The molecule has 0 N–H and O–H groups in total. The number of esters is 1. The average molecular weight is 202 g/mol. The van der Waals surface area contributed by atoms with Gasteiger partial charge < -0.3 is 9.47 Å². The number of carbonyl (C=O) groups is 2. The first-order valence-electron chi connectivity index (χ1n) is 4.89. The molecule has 0 atom stereocenters. The Morgan fingerprint density at radius 2 is 1.86 bits per heavy atom. The molecule has 0 spiro atoms. The van der Waals surface area contributed by atoms with Crippen molar-refractivity contribution in [2.45, 2.75) is 33.1 Å². The molecule has 0 aromatic heterocycles. The predicted octanol–water partition coefficient (Wildman–Crippen LogP) is 1.33. The summed E-state index contributed by atoms with van der Waals surface area (Å²) >= 11 is 0. The highest BCUT2D eigenvalue weighted by molar-refractivity contribution is 5.94. The van der Waals surface area contributed by atoms with Crippen molar-refractivity contribution in [3.05, 3.63) is 0 Å². The van der Waals surface area contributed by atoms with Gasteiger partial charge in [-0.15, -0.1) is 0 Å². The fourth-order valence-corrected chi connectivity index (χ4v) is 0.817. The summed E-state index contributed by atoms with van der Waals surface area (Å²) in [6.45, 7) is 4.77. The molecule has 0 aromatic carbocycles. The average Bonchev–Trinajstić information content (AvgIpc) is 2.10. The number of Topliss-reactive ketones (excluding diaryl/α,β-unsaturated/α-hetero) is 1. The summed E-state index contributed by atoms with van der Waals surface area (Å²) in [5, 5.41) is 0. The van der Waals surface area contributed by atoms with Crippen LogP contribution in [0.25, 0.3) is 0 Å². The van der Waals surface area contributed by atoms with Crippen molar-refractivity contribution in [2.75, 3.05) is 19.8 Å². The van der Waals surface area contributed by atoms with E-state index in [-0.39, 0.29) is 18.8 Å². The second kappa shape index (κ2) is 8.69. The van der Waals surface area contributed by atoms with Crippen LogP contribution in [0.5, 0.6) is 0 Å². The molecule has 0 aliphatic rings. The van der Waals surface area contributed by atoms with Gasteiger partial charge in [-0.3, -0.25) is 9.59 Å². The summed E-state index contributed by atoms with van der Waals surface area (Å²) in [5.41, 5.74) is 0. The minimum atomic E-state index is -0.475. The summed E-state index contributed by atoms with van der Waals surface area (Å²) in [5.74, 6) is -0.654. The van der Waals surface area contributed by atoms with Crippen LogP contribution in [0.1, 0.15) is 33.1 Å². The lowest BCUT2D eigenvalue weighted by Crippen LogP contribution is -2.13. The molecule has 0 heterocycles. The van der Waals surface area contributed by atoms with Gasteiger partial charge in [0.25, 0.3) is 0 Å². The molecule has 0 aliphatic heterocycles. The van der Waals surface area contributed by atoms with Crippen LogP contribution in [0.3, 0.4) is 0 Å². The Balaban J connectivity index is 3.19. The number of ether oxygens (including phenoxy) is 2. The van der Waals surface area contributed by atoms with Crippen LogP contribution in [-0.4, -0.2) is 31.6 Å². The number of carbonyl (C=O) groups excluding carboxylic acids is 2. The normalized spacial score (nSPS) is 9.86. The predicted molar refractivity (Wildman–Crippen MR) is 52.0 cm³/mol. The van der Waals surface area contributed by atoms with Crippen molar-refractivity contribution in [1.82, 2.24) is 0 Å². The topological polar surface area (TPSA) is 52.6 Å². The SMILES string of the molecule is CCCCOCCOC(=O)CC(C)=O. The molecule has 0 saturated carbocycles. The molecule has 0 aliphatic carbocycles.